The van der Waals surface area contributed by atoms with Gasteiger partial charge in [0.05, 0.1) is 12.2 Å². The number of anilines is 2. The highest BCUT2D eigenvalue weighted by Gasteiger charge is 2.29. The molecule has 0 aliphatic carbocycles. The third kappa shape index (κ3) is 3.10. The van der Waals surface area contributed by atoms with Crippen molar-refractivity contribution >= 4 is 28.8 Å². The van der Waals surface area contributed by atoms with E-state index in [0.717, 1.165) is 5.69 Å². The lowest BCUT2D eigenvalue weighted by Crippen LogP contribution is -2.40. The Bertz CT molecular complexity index is 1230. The van der Waals surface area contributed by atoms with E-state index in [0.29, 0.717) is 48.9 Å². The first-order valence-corrected chi connectivity index (χ1v) is 10.1. The van der Waals surface area contributed by atoms with Gasteiger partial charge in [-0.25, -0.2) is 9.59 Å². The van der Waals surface area contributed by atoms with Crippen molar-refractivity contribution in [2.75, 3.05) is 18.1 Å². The summed E-state index contributed by atoms with van der Waals surface area (Å²) >= 11 is 0. The van der Waals surface area contributed by atoms with Crippen molar-refractivity contribution in [3.8, 4) is 0 Å². The number of carbonyl (C=O) groups is 1. The van der Waals surface area contributed by atoms with Crippen LogP contribution in [0.3, 0.4) is 0 Å². The summed E-state index contributed by atoms with van der Waals surface area (Å²) in [5.74, 6) is 0.421. The first-order valence-electron chi connectivity index (χ1n) is 10.1. The van der Waals surface area contributed by atoms with Crippen LogP contribution in [0.25, 0.3) is 11.2 Å². The molecule has 1 aliphatic rings. The topological polar surface area (TPSA) is 91.4 Å². The van der Waals surface area contributed by atoms with Crippen LogP contribution in [-0.4, -0.2) is 37.8 Å². The molecule has 158 valence electrons. The molecule has 0 amide bonds. The van der Waals surface area contributed by atoms with Crippen LogP contribution in [0.2, 0.25) is 0 Å². The van der Waals surface area contributed by atoms with Crippen molar-refractivity contribution in [1.82, 2.24) is 18.7 Å². The van der Waals surface area contributed by atoms with Crippen molar-refractivity contribution in [2.45, 2.75) is 33.9 Å². The van der Waals surface area contributed by atoms with Crippen LogP contribution in [0.1, 0.15) is 31.1 Å². The van der Waals surface area contributed by atoms with Crippen molar-refractivity contribution in [3.05, 3.63) is 50.7 Å². The van der Waals surface area contributed by atoms with E-state index in [2.05, 4.69) is 4.98 Å². The number of aromatic nitrogens is 4. The fourth-order valence-corrected chi connectivity index (χ4v) is 3.84. The summed E-state index contributed by atoms with van der Waals surface area (Å²) in [6.07, 6.45) is 0. The highest BCUT2D eigenvalue weighted by atomic mass is 16.5. The standard InChI is InChI=1S/C21H25N5O4/c1-5-30-19(28)14-6-8-15(9-7-14)24-10-11-25-16-17(22-20(24)25)23(4)21(29)26(18(16)27)12-13(2)3/h6-9,13H,5,10-12H2,1-4H3. The van der Waals surface area contributed by atoms with Crippen molar-refractivity contribution in [1.29, 1.82) is 0 Å². The van der Waals surface area contributed by atoms with Gasteiger partial charge in [-0.3, -0.25) is 13.9 Å². The zero-order valence-corrected chi connectivity index (χ0v) is 17.6. The number of nitrogens with zero attached hydrogens (tertiary/aromatic N) is 5. The Kier molecular flexibility index (Phi) is 4.97. The molecule has 3 heterocycles. The third-order valence-corrected chi connectivity index (χ3v) is 5.24. The molecule has 1 aromatic carbocycles. The Morgan fingerprint density at radius 1 is 1.17 bits per heavy atom. The lowest BCUT2D eigenvalue weighted by molar-refractivity contribution is 0.0526. The number of hydrogen-bond donors (Lipinski definition) is 0. The van der Waals surface area contributed by atoms with Gasteiger partial charge in [0.25, 0.3) is 5.56 Å². The number of esters is 1. The van der Waals surface area contributed by atoms with E-state index < -0.39 is 0 Å². The van der Waals surface area contributed by atoms with E-state index in [9.17, 15) is 14.4 Å². The maximum atomic E-state index is 13.1. The number of carbonyl (C=O) groups excluding carboxylic acids is 1. The Labute approximate surface area is 173 Å². The molecule has 0 saturated carbocycles. The van der Waals surface area contributed by atoms with Crippen LogP contribution < -0.4 is 16.1 Å². The number of imidazole rings is 1. The van der Waals surface area contributed by atoms with Gasteiger partial charge in [-0.05, 0) is 37.1 Å². The molecule has 30 heavy (non-hydrogen) atoms. The Morgan fingerprint density at radius 3 is 2.50 bits per heavy atom. The molecule has 0 N–H and O–H groups in total. The number of rotatable bonds is 5. The molecule has 9 heteroatoms. The second-order valence-electron chi connectivity index (χ2n) is 7.81. The molecule has 2 aromatic heterocycles. The van der Waals surface area contributed by atoms with Crippen LogP contribution >= 0.6 is 0 Å². The molecule has 0 radical (unpaired) electrons. The van der Waals surface area contributed by atoms with Crippen LogP contribution in [0.15, 0.2) is 33.9 Å². The minimum absolute atomic E-state index is 0.170. The van der Waals surface area contributed by atoms with Gasteiger partial charge >= 0.3 is 11.7 Å². The quantitative estimate of drug-likeness (QED) is 0.596. The van der Waals surface area contributed by atoms with Crippen LogP contribution in [0.4, 0.5) is 11.6 Å². The molecule has 1 aliphatic heterocycles. The van der Waals surface area contributed by atoms with Gasteiger partial charge in [0.1, 0.15) is 0 Å². The summed E-state index contributed by atoms with van der Waals surface area (Å²) in [6, 6.07) is 7.09. The summed E-state index contributed by atoms with van der Waals surface area (Å²) < 4.78 is 9.62. The smallest absolute Gasteiger partial charge is 0.338 e. The van der Waals surface area contributed by atoms with Gasteiger partial charge in [0.15, 0.2) is 11.2 Å². The normalized spacial score (nSPS) is 13.3. The van der Waals surface area contributed by atoms with Crippen LogP contribution in [-0.2, 0) is 24.9 Å². The first kappa shape index (κ1) is 19.9. The number of ether oxygens (including phenoxy) is 1. The molecule has 0 spiro atoms. The molecule has 4 rings (SSSR count). The summed E-state index contributed by atoms with van der Waals surface area (Å²) in [4.78, 5) is 44.3. The van der Waals surface area contributed by atoms with Crippen molar-refractivity contribution in [3.63, 3.8) is 0 Å². The maximum Gasteiger partial charge on any atom is 0.338 e. The fourth-order valence-electron chi connectivity index (χ4n) is 3.84. The Morgan fingerprint density at radius 2 is 1.87 bits per heavy atom. The summed E-state index contributed by atoms with van der Waals surface area (Å²) in [6.45, 7) is 7.62. The second kappa shape index (κ2) is 7.47. The first-order chi connectivity index (χ1) is 14.3. The molecule has 0 saturated heterocycles. The molecule has 3 aromatic rings. The van der Waals surface area contributed by atoms with Gasteiger partial charge in [-0.1, -0.05) is 13.8 Å². The van der Waals surface area contributed by atoms with Crippen LogP contribution in [0, 0.1) is 5.92 Å². The highest BCUT2D eigenvalue weighted by molar-refractivity contribution is 5.90. The number of hydrogen-bond acceptors (Lipinski definition) is 6. The highest BCUT2D eigenvalue weighted by Crippen LogP contribution is 2.31. The van der Waals surface area contributed by atoms with Gasteiger partial charge in [-0.2, -0.15) is 4.98 Å². The molecule has 0 fully saturated rings. The Hall–Kier alpha value is -3.36. The summed E-state index contributed by atoms with van der Waals surface area (Å²) in [5.41, 5.74) is 1.49. The number of aryl methyl sites for hydroxylation is 1. The molecule has 0 atom stereocenters. The van der Waals surface area contributed by atoms with Crippen molar-refractivity contribution < 1.29 is 9.53 Å². The second-order valence-corrected chi connectivity index (χ2v) is 7.81. The van der Waals surface area contributed by atoms with Gasteiger partial charge in [0, 0.05) is 32.4 Å². The van der Waals surface area contributed by atoms with Crippen molar-refractivity contribution in [2.24, 2.45) is 13.0 Å². The van der Waals surface area contributed by atoms with Gasteiger partial charge in [0.2, 0.25) is 5.95 Å². The fraction of sp³-hybridized carbons (Fsp3) is 0.429. The predicted molar refractivity (Wildman–Crippen MR) is 113 cm³/mol. The summed E-state index contributed by atoms with van der Waals surface area (Å²) in [7, 11) is 1.64. The monoisotopic (exact) mass is 411 g/mol. The Balaban J connectivity index is 1.79. The molecule has 0 unspecified atom stereocenters. The van der Waals surface area contributed by atoms with Gasteiger partial charge in [-0.15, -0.1) is 0 Å². The SMILES string of the molecule is CCOC(=O)c1ccc(N2CCn3c2nc2c3c(=O)n(CC(C)C)c(=O)n2C)cc1. The predicted octanol–water partition coefficient (Wildman–Crippen LogP) is 1.88. The minimum Gasteiger partial charge on any atom is -0.462 e. The average molecular weight is 411 g/mol. The number of fused-ring (bicyclic) bond motifs is 3. The minimum atomic E-state index is -0.363. The lowest BCUT2D eigenvalue weighted by atomic mass is 10.2. The average Bonchev–Trinajstić information content (AvgIpc) is 3.29. The van der Waals surface area contributed by atoms with E-state index in [1.807, 2.05) is 35.4 Å². The largest absolute Gasteiger partial charge is 0.462 e. The van der Waals surface area contributed by atoms with E-state index >= 15 is 0 Å². The summed E-state index contributed by atoms with van der Waals surface area (Å²) in [5, 5.41) is 0. The molecule has 0 bridgehead atoms. The maximum absolute atomic E-state index is 13.1. The van der Waals surface area contributed by atoms with Crippen LogP contribution in [0.5, 0.6) is 0 Å². The molecular formula is C21H25N5O4. The van der Waals surface area contributed by atoms with E-state index in [-0.39, 0.29) is 23.1 Å². The molecule has 9 nitrogen and oxygen atoms in total. The zero-order valence-electron chi connectivity index (χ0n) is 17.6. The third-order valence-electron chi connectivity index (χ3n) is 5.24. The van der Waals surface area contributed by atoms with E-state index in [1.54, 1.807) is 26.1 Å². The van der Waals surface area contributed by atoms with Gasteiger partial charge < -0.3 is 14.2 Å². The van der Waals surface area contributed by atoms with E-state index in [1.165, 1.54) is 9.13 Å². The number of benzene rings is 1. The zero-order chi connectivity index (χ0) is 21.6. The lowest BCUT2D eigenvalue weighted by Gasteiger charge is -2.16. The van der Waals surface area contributed by atoms with E-state index in [4.69, 9.17) is 4.74 Å². The molecular weight excluding hydrogens is 386 g/mol.